The number of hydrogen-bond donors (Lipinski definition) is 0. The Morgan fingerprint density at radius 3 is 1.61 bits per heavy atom. The number of rotatable bonds is 10. The molecule has 240 valence electrons. The maximum Gasteiger partial charge on any atom is 0.337 e. The van der Waals surface area contributed by atoms with Gasteiger partial charge in [-0.2, -0.15) is 0 Å². The van der Waals surface area contributed by atoms with Crippen molar-refractivity contribution in [3.63, 3.8) is 0 Å². The van der Waals surface area contributed by atoms with Crippen LogP contribution in [0.25, 0.3) is 0 Å². The Morgan fingerprint density at radius 2 is 1.17 bits per heavy atom. The van der Waals surface area contributed by atoms with Crippen LogP contribution in [0.1, 0.15) is 31.8 Å². The molecule has 0 aromatic heterocycles. The lowest BCUT2D eigenvalue weighted by Crippen LogP contribution is -2.09. The van der Waals surface area contributed by atoms with Crippen LogP contribution in [0.5, 0.6) is 0 Å². The van der Waals surface area contributed by atoms with Gasteiger partial charge < -0.3 is 9.47 Å². The van der Waals surface area contributed by atoms with Gasteiger partial charge in [-0.1, -0.05) is 24.3 Å². The van der Waals surface area contributed by atoms with Gasteiger partial charge in [0.05, 0.1) is 45.8 Å². The molecule has 0 fully saturated rings. The summed E-state index contributed by atoms with van der Waals surface area (Å²) in [7, 11) is -1.06. The first-order chi connectivity index (χ1) is 21.7. The number of esters is 2. The molecule has 4 rings (SSSR count). The minimum Gasteiger partial charge on any atom is -0.465 e. The summed E-state index contributed by atoms with van der Waals surface area (Å²) in [6.07, 6.45) is 0. The molecule has 16 heteroatoms. The predicted molar refractivity (Wildman–Crippen MR) is 188 cm³/mol. The van der Waals surface area contributed by atoms with E-state index in [-0.39, 0.29) is 33.6 Å². The van der Waals surface area contributed by atoms with Crippen molar-refractivity contribution in [2.45, 2.75) is 21.3 Å². The highest BCUT2D eigenvalue weighted by Gasteiger charge is 2.21. The smallest absolute Gasteiger partial charge is 0.337 e. The first kappa shape index (κ1) is 36.8. The summed E-state index contributed by atoms with van der Waals surface area (Å²) >= 11 is 5.63. The number of non-ortho nitro benzene ring substituents is 2. The quantitative estimate of drug-likeness (QED) is 0.0517. The van der Waals surface area contributed by atoms with Crippen LogP contribution < -0.4 is 0 Å². The first-order valence-electron chi connectivity index (χ1n) is 12.8. The van der Waals surface area contributed by atoms with E-state index in [1.54, 1.807) is 36.0 Å². The number of sulfone groups is 1. The van der Waals surface area contributed by atoms with Crippen molar-refractivity contribution in [2.24, 2.45) is 0 Å². The Kier molecular flexibility index (Phi) is 13.5. The van der Waals surface area contributed by atoms with Crippen molar-refractivity contribution in [2.75, 3.05) is 14.2 Å². The molecule has 0 aliphatic heterocycles. The van der Waals surface area contributed by atoms with Crippen LogP contribution in [0.3, 0.4) is 0 Å². The van der Waals surface area contributed by atoms with Gasteiger partial charge >= 0.3 is 11.9 Å². The molecule has 46 heavy (non-hydrogen) atoms. The van der Waals surface area contributed by atoms with Gasteiger partial charge in [-0.25, -0.2) is 18.0 Å². The minimum absolute atomic E-state index is 0.0887. The van der Waals surface area contributed by atoms with E-state index in [9.17, 15) is 38.2 Å². The third kappa shape index (κ3) is 10.2. The molecule has 0 bridgehead atoms. The number of benzene rings is 4. The Morgan fingerprint density at radius 1 is 0.717 bits per heavy atom. The molecule has 0 heterocycles. The average Bonchev–Trinajstić information content (AvgIpc) is 3.03. The maximum absolute atomic E-state index is 12.5. The summed E-state index contributed by atoms with van der Waals surface area (Å²) < 4.78 is 35.7. The second kappa shape index (κ2) is 16.8. The van der Waals surface area contributed by atoms with Crippen molar-refractivity contribution in [3.05, 3.63) is 135 Å². The zero-order chi connectivity index (χ0) is 34.0. The van der Waals surface area contributed by atoms with Crippen LogP contribution in [0.4, 0.5) is 11.4 Å². The predicted octanol–water partition coefficient (Wildman–Crippen LogP) is 7.24. The van der Waals surface area contributed by atoms with Crippen LogP contribution in [-0.2, 0) is 30.8 Å². The van der Waals surface area contributed by atoms with E-state index in [1.165, 1.54) is 68.8 Å². The van der Waals surface area contributed by atoms with E-state index in [1.807, 2.05) is 28.7 Å². The van der Waals surface area contributed by atoms with Gasteiger partial charge in [-0.15, -0.1) is 11.8 Å². The van der Waals surface area contributed by atoms with E-state index >= 15 is 0 Å². The van der Waals surface area contributed by atoms with Gasteiger partial charge in [0.1, 0.15) is 0 Å². The van der Waals surface area contributed by atoms with Gasteiger partial charge in [0.2, 0.25) is 0 Å². The summed E-state index contributed by atoms with van der Waals surface area (Å²) in [5.41, 5.74) is 2.21. The number of hydrogen-bond acceptors (Lipinski definition) is 11. The largest absolute Gasteiger partial charge is 0.465 e. The van der Waals surface area contributed by atoms with Gasteiger partial charge in [0.25, 0.3) is 11.4 Å². The van der Waals surface area contributed by atoms with Crippen LogP contribution in [0.15, 0.2) is 94.7 Å². The third-order valence-electron chi connectivity index (χ3n) is 6.09. The second-order valence-corrected chi connectivity index (χ2v) is 14.5. The van der Waals surface area contributed by atoms with Crippen molar-refractivity contribution >= 4 is 90.1 Å². The maximum atomic E-state index is 12.5. The molecule has 4 aromatic carbocycles. The summed E-state index contributed by atoms with van der Waals surface area (Å²) in [6.45, 7) is 0. The number of nitrogens with zero attached hydrogens (tertiary/aromatic N) is 2. The first-order valence-corrected chi connectivity index (χ1v) is 17.6. The molecule has 0 atom stereocenters. The Balaban J connectivity index is 0.000000251. The second-order valence-electron chi connectivity index (χ2n) is 9.17. The molecule has 0 unspecified atom stereocenters. The number of methoxy groups -OCH3 is 2. The zero-order valence-corrected chi connectivity index (χ0v) is 30.0. The highest BCUT2D eigenvalue weighted by atomic mass is 127. The molecule has 0 aliphatic carbocycles. The molecule has 12 nitrogen and oxygen atoms in total. The normalized spacial score (nSPS) is 10.7. The molecule has 4 aromatic rings. The number of halogens is 2. The minimum atomic E-state index is -3.66. The lowest BCUT2D eigenvalue weighted by Gasteiger charge is -2.08. The topological polar surface area (TPSA) is 173 Å². The summed E-state index contributed by atoms with van der Waals surface area (Å²) in [5, 5.41) is 21.2. The highest BCUT2D eigenvalue weighted by molar-refractivity contribution is 14.1. The van der Waals surface area contributed by atoms with Crippen molar-refractivity contribution < 1.29 is 37.3 Å². The lowest BCUT2D eigenvalue weighted by atomic mass is 10.2. The molecule has 0 radical (unpaired) electrons. The van der Waals surface area contributed by atoms with Crippen LogP contribution in [0, 0.1) is 27.4 Å². The fourth-order valence-corrected chi connectivity index (χ4v) is 8.54. The SMILES string of the molecule is COC(=O)c1ccc(S(=O)(=O)Cc2ccc([N+](=O)[O-])cc2)c(I)c1.COC(=O)c1ccc(SCc2ccc([N+](=O)[O-])cc2)c(I)c1. The summed E-state index contributed by atoms with van der Waals surface area (Å²) in [5.74, 6) is -0.499. The molecule has 0 saturated carbocycles. The number of nitro groups is 2. The molecule has 0 aliphatic rings. The molecule has 0 spiro atoms. The van der Waals surface area contributed by atoms with E-state index in [4.69, 9.17) is 0 Å². The van der Waals surface area contributed by atoms with E-state index in [0.29, 0.717) is 20.4 Å². The summed E-state index contributed by atoms with van der Waals surface area (Å²) in [4.78, 5) is 44.3. The van der Waals surface area contributed by atoms with Gasteiger partial charge in [-0.05, 0) is 92.7 Å². The van der Waals surface area contributed by atoms with Crippen molar-refractivity contribution in [1.29, 1.82) is 0 Å². The van der Waals surface area contributed by atoms with Crippen LogP contribution in [0.2, 0.25) is 0 Å². The Hall–Kier alpha value is -3.62. The number of carbonyl (C=O) groups is 2. The average molecular weight is 890 g/mol. The summed E-state index contributed by atoms with van der Waals surface area (Å²) in [6, 6.07) is 21.4. The standard InChI is InChI=1S/C15H12INO6S.C15H12INO4S/c1-23-15(18)11-4-7-14(13(16)8-11)24(21,22)9-10-2-5-12(6-3-10)17(19)20;1-21-15(18)11-4-7-14(13(16)8-11)22-9-10-2-5-12(6-3-10)17(19)20/h2-8H,9H2,1H3;2-8H,9H2,1H3. The number of carbonyl (C=O) groups excluding carboxylic acids is 2. The van der Waals surface area contributed by atoms with Crippen LogP contribution >= 0.6 is 56.9 Å². The zero-order valence-electron chi connectivity index (χ0n) is 24.0. The molecule has 0 amide bonds. The van der Waals surface area contributed by atoms with Gasteiger partial charge in [0.15, 0.2) is 9.84 Å². The number of ether oxygens (including phenoxy) is 2. The van der Waals surface area contributed by atoms with Crippen molar-refractivity contribution in [1.82, 2.24) is 0 Å². The monoisotopic (exact) mass is 890 g/mol. The van der Waals surface area contributed by atoms with E-state index in [0.717, 1.165) is 14.0 Å². The van der Waals surface area contributed by atoms with Gasteiger partial charge in [0, 0.05) is 42.1 Å². The van der Waals surface area contributed by atoms with E-state index < -0.39 is 25.7 Å². The third-order valence-corrected chi connectivity index (χ3v) is 11.5. The lowest BCUT2D eigenvalue weighted by molar-refractivity contribution is -0.385. The molecular formula is C30H24I2N2O10S2. The number of nitro benzene ring substituents is 2. The number of thioether (sulfide) groups is 1. The highest BCUT2D eigenvalue weighted by Crippen LogP contribution is 2.29. The van der Waals surface area contributed by atoms with Crippen LogP contribution in [-0.4, -0.2) is 44.4 Å². The van der Waals surface area contributed by atoms with E-state index in [2.05, 4.69) is 32.1 Å². The Labute approximate surface area is 295 Å². The fraction of sp³-hybridized carbons (Fsp3) is 0.133. The Bertz CT molecular complexity index is 1870. The fourth-order valence-electron chi connectivity index (χ4n) is 3.75. The molecule has 0 saturated heterocycles. The van der Waals surface area contributed by atoms with Crippen molar-refractivity contribution in [3.8, 4) is 0 Å². The molecule has 0 N–H and O–H groups in total. The van der Waals surface area contributed by atoms with Gasteiger partial charge in [-0.3, -0.25) is 20.2 Å². The molecular weight excluding hydrogens is 866 g/mol.